The molecular weight excluding hydrogens is 80.0 g/mol. The van der Waals surface area contributed by atoms with E-state index in [2.05, 4.69) is 0 Å². The molecule has 0 aliphatic heterocycles. The third-order valence-corrected chi connectivity index (χ3v) is 0.447. The third kappa shape index (κ3) is 3.92. The van der Waals surface area contributed by atoms with Gasteiger partial charge in [-0.15, -0.1) is 0 Å². The summed E-state index contributed by atoms with van der Waals surface area (Å²) in [6.07, 6.45) is -1.72. The summed E-state index contributed by atoms with van der Waals surface area (Å²) < 4.78 is 6.78. The Morgan fingerprint density at radius 1 is 1.83 bits per heavy atom. The molecule has 38 valence electrons. The van der Waals surface area contributed by atoms with Gasteiger partial charge in [0.1, 0.15) is 0 Å². The highest BCUT2D eigenvalue weighted by Crippen LogP contribution is 1.88. The van der Waals surface area contributed by atoms with Gasteiger partial charge in [-0.1, -0.05) is 13.3 Å². The lowest BCUT2D eigenvalue weighted by Gasteiger charge is -1.94. The fraction of sp³-hybridized carbons (Fsp3) is 1.00. The van der Waals surface area contributed by atoms with Crippen molar-refractivity contribution in [2.24, 2.45) is 0 Å². The molecule has 0 amide bonds. The zero-order chi connectivity index (χ0) is 5.86. The van der Waals surface area contributed by atoms with Crippen LogP contribution in [-0.2, 0) is 0 Å². The Kier molecular flexibility index (Phi) is 2.13. The minimum atomic E-state index is -1.47. The fourth-order valence-corrected chi connectivity index (χ4v) is 0.211. The highest BCUT2D eigenvalue weighted by atomic mass is 16.5. The van der Waals surface area contributed by atoms with Gasteiger partial charge in [0.05, 0.1) is 0 Å². The van der Waals surface area contributed by atoms with Gasteiger partial charge in [0.2, 0.25) is 0 Å². The quantitative estimate of drug-likeness (QED) is 0.473. The summed E-state index contributed by atoms with van der Waals surface area (Å²) in [7, 11) is 0. The molecule has 2 N–H and O–H groups in total. The molecule has 1 atom stereocenters. The summed E-state index contributed by atoms with van der Waals surface area (Å²) in [4.78, 5) is 0. The van der Waals surface area contributed by atoms with Crippen LogP contribution in [-0.4, -0.2) is 16.5 Å². The van der Waals surface area contributed by atoms with Gasteiger partial charge in [-0.2, -0.15) is 0 Å². The van der Waals surface area contributed by atoms with Crippen molar-refractivity contribution in [1.82, 2.24) is 0 Å². The zero-order valence-corrected chi connectivity index (χ0v) is 3.76. The van der Waals surface area contributed by atoms with Gasteiger partial charge in [-0.3, -0.25) is 0 Å². The first kappa shape index (κ1) is 4.09. The maximum atomic E-state index is 8.19. The van der Waals surface area contributed by atoms with E-state index in [0.29, 0.717) is 6.42 Å². The van der Waals surface area contributed by atoms with Crippen LogP contribution in [0.1, 0.15) is 21.1 Å². The number of hydrogen-bond donors (Lipinski definition) is 2. The molecule has 0 bridgehead atoms. The molecule has 2 heteroatoms. The van der Waals surface area contributed by atoms with Crippen molar-refractivity contribution >= 4 is 0 Å². The van der Waals surface area contributed by atoms with Crippen molar-refractivity contribution < 1.29 is 11.6 Å². The normalized spacial score (nSPS) is 17.7. The van der Waals surface area contributed by atoms with Crippen molar-refractivity contribution in [2.75, 3.05) is 0 Å². The first-order valence-electron chi connectivity index (χ1n) is 2.54. The van der Waals surface area contributed by atoms with Crippen LogP contribution < -0.4 is 0 Å². The van der Waals surface area contributed by atoms with E-state index in [1.54, 1.807) is 6.92 Å². The minimum Gasteiger partial charge on any atom is -0.368 e. The lowest BCUT2D eigenvalue weighted by atomic mass is 10.3. The molecule has 0 aromatic rings. The molecule has 0 aliphatic carbocycles. The predicted octanol–water partition coefficient (Wildman–Crippen LogP) is 0.0972. The van der Waals surface area contributed by atoms with E-state index in [1.807, 2.05) is 0 Å². The SMILES string of the molecule is [2H]C(CC)C(O)O. The lowest BCUT2D eigenvalue weighted by Crippen LogP contribution is -2.01. The highest BCUT2D eigenvalue weighted by molar-refractivity contribution is 4.31. The Balaban J connectivity index is 3.14. The Morgan fingerprint density at radius 2 is 2.33 bits per heavy atom. The molecule has 0 heterocycles. The van der Waals surface area contributed by atoms with Crippen LogP contribution in [0, 0.1) is 0 Å². The molecule has 0 saturated carbocycles. The van der Waals surface area contributed by atoms with E-state index in [0.717, 1.165) is 0 Å². The molecule has 0 aliphatic rings. The van der Waals surface area contributed by atoms with E-state index in [1.165, 1.54) is 0 Å². The Bertz CT molecular complexity index is 47.0. The molecule has 0 spiro atoms. The molecule has 0 rings (SSSR count). The summed E-state index contributed by atoms with van der Waals surface area (Å²) in [5.74, 6) is 0. The van der Waals surface area contributed by atoms with Crippen molar-refractivity contribution in [3.8, 4) is 0 Å². The molecule has 0 saturated heterocycles. The van der Waals surface area contributed by atoms with Gasteiger partial charge < -0.3 is 10.2 Å². The van der Waals surface area contributed by atoms with E-state index >= 15 is 0 Å². The summed E-state index contributed by atoms with van der Waals surface area (Å²) in [5, 5.41) is 16.4. The van der Waals surface area contributed by atoms with Gasteiger partial charge in [0.25, 0.3) is 0 Å². The molecule has 0 aromatic heterocycles. The molecule has 0 fully saturated rings. The molecule has 2 nitrogen and oxygen atoms in total. The van der Waals surface area contributed by atoms with Gasteiger partial charge in [-0.25, -0.2) is 0 Å². The van der Waals surface area contributed by atoms with Gasteiger partial charge in [-0.05, 0) is 6.40 Å². The van der Waals surface area contributed by atoms with E-state index in [9.17, 15) is 0 Å². The van der Waals surface area contributed by atoms with Crippen molar-refractivity contribution in [1.29, 1.82) is 0 Å². The van der Waals surface area contributed by atoms with Crippen molar-refractivity contribution in [3.05, 3.63) is 0 Å². The van der Waals surface area contributed by atoms with Gasteiger partial charge in [0, 0.05) is 1.37 Å². The van der Waals surface area contributed by atoms with E-state index in [-0.39, 0.29) is 0 Å². The zero-order valence-electron chi connectivity index (χ0n) is 4.76. The summed E-state index contributed by atoms with van der Waals surface area (Å²) in [6.45, 7) is 1.73. The molecule has 0 aromatic carbocycles. The van der Waals surface area contributed by atoms with Gasteiger partial charge in [0.15, 0.2) is 6.29 Å². The lowest BCUT2D eigenvalue weighted by molar-refractivity contribution is -0.0453. The van der Waals surface area contributed by atoms with E-state index < -0.39 is 12.7 Å². The van der Waals surface area contributed by atoms with Crippen molar-refractivity contribution in [2.45, 2.75) is 26.0 Å². The molecule has 0 radical (unpaired) electrons. The Morgan fingerprint density at radius 3 is 2.33 bits per heavy atom. The second-order valence-electron chi connectivity index (χ2n) is 1.06. The Hall–Kier alpha value is -0.0800. The monoisotopic (exact) mass is 91.1 g/mol. The summed E-state index contributed by atoms with van der Waals surface area (Å²) in [6, 6.07) is 0. The van der Waals surface area contributed by atoms with Crippen LogP contribution >= 0.6 is 0 Å². The fourth-order valence-electron chi connectivity index (χ4n) is 0.211. The number of aliphatic hydroxyl groups is 2. The highest BCUT2D eigenvalue weighted by Gasteiger charge is 1.89. The molecule has 6 heavy (non-hydrogen) atoms. The van der Waals surface area contributed by atoms with Crippen LogP contribution in [0.25, 0.3) is 0 Å². The maximum Gasteiger partial charge on any atom is 0.151 e. The summed E-state index contributed by atoms with van der Waals surface area (Å²) in [5.41, 5.74) is 0. The minimum absolute atomic E-state index is 0.484. The second-order valence-corrected chi connectivity index (χ2v) is 1.06. The van der Waals surface area contributed by atoms with Crippen LogP contribution in [0.2, 0.25) is 0 Å². The standard InChI is InChI=1S/C4H10O2/c1-2-3-4(5)6/h4-6H,2-3H2,1H3/i3D. The van der Waals surface area contributed by atoms with Crippen LogP contribution in [0.5, 0.6) is 0 Å². The smallest absolute Gasteiger partial charge is 0.151 e. The van der Waals surface area contributed by atoms with Crippen LogP contribution in [0.3, 0.4) is 0 Å². The Labute approximate surface area is 38.8 Å². The maximum absolute atomic E-state index is 8.19. The number of rotatable bonds is 2. The number of hydrogen-bond acceptors (Lipinski definition) is 2. The molecular formula is C4H10O2. The largest absolute Gasteiger partial charge is 0.368 e. The topological polar surface area (TPSA) is 40.5 Å². The third-order valence-electron chi connectivity index (χ3n) is 0.447. The first-order chi connectivity index (χ1) is 3.18. The van der Waals surface area contributed by atoms with Crippen LogP contribution in [0.15, 0.2) is 0 Å². The predicted molar refractivity (Wildman–Crippen MR) is 23.1 cm³/mol. The molecule has 1 unspecified atom stereocenters. The van der Waals surface area contributed by atoms with Gasteiger partial charge >= 0.3 is 0 Å². The van der Waals surface area contributed by atoms with Crippen LogP contribution in [0.4, 0.5) is 0 Å². The average Bonchev–Trinajstić information content (AvgIpc) is 1.65. The van der Waals surface area contributed by atoms with Crippen molar-refractivity contribution in [3.63, 3.8) is 0 Å². The first-order valence-corrected chi connectivity index (χ1v) is 1.97. The second kappa shape index (κ2) is 3.12. The van der Waals surface area contributed by atoms with E-state index in [4.69, 9.17) is 11.6 Å². The summed E-state index contributed by atoms with van der Waals surface area (Å²) >= 11 is 0. The average molecular weight is 91.1 g/mol. The number of aliphatic hydroxyl groups excluding tert-OH is 1.